The number of amides is 15. The van der Waals surface area contributed by atoms with Gasteiger partial charge in [0.1, 0.15) is 78.5 Å². The van der Waals surface area contributed by atoms with Gasteiger partial charge in [0, 0.05) is 0 Å². The van der Waals surface area contributed by atoms with Crippen LogP contribution in [0.25, 0.3) is 0 Å². The van der Waals surface area contributed by atoms with Gasteiger partial charge < -0.3 is 109 Å². The van der Waals surface area contributed by atoms with Crippen molar-refractivity contribution in [2.75, 3.05) is 26.2 Å². The van der Waals surface area contributed by atoms with E-state index in [1.165, 1.54) is 27.7 Å². The Morgan fingerprint density at radius 2 is 0.476 bits per heavy atom. The second-order valence-corrected chi connectivity index (χ2v) is 29.1. The van der Waals surface area contributed by atoms with Crippen LogP contribution in [-0.2, 0) is 71.9 Å². The van der Waals surface area contributed by atoms with Crippen LogP contribution in [0.1, 0.15) is 213 Å². The molecule has 602 valence electrons. The maximum Gasteiger partial charge on any atom is 0.243 e. The van der Waals surface area contributed by atoms with Gasteiger partial charge >= 0.3 is 0 Å². The van der Waals surface area contributed by atoms with Gasteiger partial charge in [0.15, 0.2) is 0 Å². The molecule has 0 aromatic carbocycles. The third-order valence-electron chi connectivity index (χ3n) is 17.3. The second kappa shape index (κ2) is 51.9. The Balaban J connectivity index is 6.42. The number of carbonyl (C=O) groups is 15. The summed E-state index contributed by atoms with van der Waals surface area (Å²) < 4.78 is 0. The number of hydrogen-bond acceptors (Lipinski definition) is 20. The van der Waals surface area contributed by atoms with Crippen molar-refractivity contribution < 1.29 is 71.9 Å². The molecule has 105 heavy (non-hydrogen) atoms. The van der Waals surface area contributed by atoms with Gasteiger partial charge in [-0.3, -0.25) is 71.9 Å². The van der Waals surface area contributed by atoms with Gasteiger partial charge in [-0.2, -0.15) is 0 Å². The Morgan fingerprint density at radius 1 is 0.267 bits per heavy atom. The van der Waals surface area contributed by atoms with E-state index in [2.05, 4.69) is 69.1 Å². The molecular weight excluding hydrogens is 1360 g/mol. The van der Waals surface area contributed by atoms with E-state index in [1.54, 1.807) is 34.6 Å². The van der Waals surface area contributed by atoms with Gasteiger partial charge in [-0.15, -0.1) is 0 Å². The monoisotopic (exact) mass is 1490 g/mol. The molecule has 0 aliphatic heterocycles. The van der Waals surface area contributed by atoms with Crippen LogP contribution in [0, 0.1) is 29.6 Å². The SMILES string of the molecule is CCC(C)C(N)C(=O)NC(CC(N)=O)C(=O)NC(CC(C)C)C(=O)NC(CCCCN)C(=O)NC(C)C(=O)NC(CCCCN)C(=O)NC(C)C(=O)NC(C)C(=O)NC(CC(C)C)C(=O)NC(C)C(=O)NC(CCCCN)C(=O)NC(CCCCN)C(=O)NC(CC(C)C)C(=O)NC(CC(C)C)C(N)=O. The van der Waals surface area contributed by atoms with Crippen molar-refractivity contribution in [3.8, 4) is 0 Å². The molecule has 15 amide bonds. The first kappa shape index (κ1) is 96.8. The summed E-state index contributed by atoms with van der Waals surface area (Å²) in [4.78, 5) is 204. The van der Waals surface area contributed by atoms with Crippen LogP contribution < -0.4 is 109 Å². The molecule has 0 fully saturated rings. The van der Waals surface area contributed by atoms with Crippen LogP contribution in [-0.4, -0.2) is 199 Å². The minimum atomic E-state index is -1.49. The lowest BCUT2D eigenvalue weighted by molar-refractivity contribution is -0.136. The van der Waals surface area contributed by atoms with E-state index in [9.17, 15) is 71.9 Å². The van der Waals surface area contributed by atoms with Crippen molar-refractivity contribution in [2.24, 2.45) is 69.7 Å². The molecule has 0 aliphatic carbocycles. The first-order valence-corrected chi connectivity index (χ1v) is 37.3. The summed E-state index contributed by atoms with van der Waals surface area (Å²) in [6.07, 6.45) is 4.05. The fraction of sp³-hybridized carbons (Fsp3) is 0.786. The molecule has 15 unspecified atom stereocenters. The average molecular weight is 1490 g/mol. The molecule has 27 N–H and O–H groups in total. The van der Waals surface area contributed by atoms with Crippen molar-refractivity contribution >= 4 is 88.6 Å². The Hall–Kier alpha value is -8.15. The van der Waals surface area contributed by atoms with Gasteiger partial charge in [0.25, 0.3) is 0 Å². The van der Waals surface area contributed by atoms with Crippen molar-refractivity contribution in [2.45, 2.75) is 297 Å². The van der Waals surface area contributed by atoms with E-state index in [4.69, 9.17) is 40.1 Å². The minimum absolute atomic E-state index is 0.00700. The summed E-state index contributed by atoms with van der Waals surface area (Å²) in [6, 6.07) is -17.4. The summed E-state index contributed by atoms with van der Waals surface area (Å²) in [5.41, 5.74) is 40.2. The highest BCUT2D eigenvalue weighted by Crippen LogP contribution is 2.15. The maximum absolute atomic E-state index is 14.2. The Kier molecular flexibility index (Phi) is 47.9. The standard InChI is InChI=1S/C70H132N20O15/c1-15-41(10)56(76)70(105)90-54(36-55(75)91)69(104)89-52(34-39(6)7)67(102)85-47(25-17-21-29-72)63(98)80-44(13)59(94)82-46(24-16-20-28-71)62(97)79-42(11)58(93)78-43(12)61(96)87-51(33-38(4)5)66(101)81-45(14)60(95)83-48(26-18-22-30-73)64(99)84-49(27-19-23-31-74)65(100)88-53(35-40(8)9)68(103)86-50(57(77)92)32-37(2)3/h37-54,56H,15-36,71-74,76H2,1-14H3,(H2,75,91)(H2,77,92)(H,78,93)(H,79,97)(H,80,98)(H,81,101)(H,82,94)(H,83,95)(H,84,99)(H,85,102)(H,86,103)(H,87,96)(H,88,100)(H,89,104)(H,90,105). The predicted octanol–water partition coefficient (Wildman–Crippen LogP) is -3.20. The highest BCUT2D eigenvalue weighted by Gasteiger charge is 2.37. The Morgan fingerprint density at radius 3 is 0.752 bits per heavy atom. The van der Waals surface area contributed by atoms with Crippen molar-refractivity contribution in [3.63, 3.8) is 0 Å². The number of unbranched alkanes of at least 4 members (excludes halogenated alkanes) is 4. The zero-order chi connectivity index (χ0) is 80.4. The molecule has 35 heteroatoms. The number of carbonyl (C=O) groups excluding carboxylic acids is 15. The summed E-state index contributed by atoms with van der Waals surface area (Å²) in [6.45, 7) is 24.5. The lowest BCUT2D eigenvalue weighted by Gasteiger charge is -2.28. The number of nitrogens with two attached hydrogens (primary N) is 7. The zero-order valence-electron chi connectivity index (χ0n) is 64.7. The van der Waals surface area contributed by atoms with Gasteiger partial charge in [0.05, 0.1) is 12.5 Å². The normalized spacial score (nSPS) is 15.7. The molecule has 0 saturated heterocycles. The summed E-state index contributed by atoms with van der Waals surface area (Å²) in [5, 5.41) is 34.0. The third-order valence-corrected chi connectivity index (χ3v) is 17.3. The van der Waals surface area contributed by atoms with E-state index in [0.29, 0.717) is 57.8 Å². The Labute approximate surface area is 620 Å². The van der Waals surface area contributed by atoms with Crippen molar-refractivity contribution in [1.29, 1.82) is 0 Å². The number of nitrogens with one attached hydrogen (secondary N) is 13. The number of primary amides is 2. The van der Waals surface area contributed by atoms with Crippen LogP contribution in [0.5, 0.6) is 0 Å². The minimum Gasteiger partial charge on any atom is -0.370 e. The third kappa shape index (κ3) is 39.7. The quantitative estimate of drug-likeness (QED) is 0.0267. The van der Waals surface area contributed by atoms with Crippen LogP contribution in [0.3, 0.4) is 0 Å². The topological polar surface area (TPSA) is 595 Å². The fourth-order valence-electron chi connectivity index (χ4n) is 10.9. The summed E-state index contributed by atoms with van der Waals surface area (Å²) in [7, 11) is 0. The molecule has 0 radical (unpaired) electrons. The molecule has 0 heterocycles. The van der Waals surface area contributed by atoms with Gasteiger partial charge in [0.2, 0.25) is 88.6 Å². The molecule has 0 saturated carbocycles. The van der Waals surface area contributed by atoms with Gasteiger partial charge in [-0.25, -0.2) is 0 Å². The molecule has 0 bridgehead atoms. The lowest BCUT2D eigenvalue weighted by Crippen LogP contribution is -2.60. The van der Waals surface area contributed by atoms with Crippen LogP contribution in [0.2, 0.25) is 0 Å². The average Bonchev–Trinajstić information content (AvgIpc) is 0.867. The molecule has 0 spiro atoms. The van der Waals surface area contributed by atoms with Gasteiger partial charge in [-0.05, 0) is 186 Å². The molecule has 0 aliphatic rings. The highest BCUT2D eigenvalue weighted by atomic mass is 16.2. The molecule has 0 rings (SSSR count). The van der Waals surface area contributed by atoms with Crippen LogP contribution in [0.4, 0.5) is 0 Å². The van der Waals surface area contributed by atoms with Crippen molar-refractivity contribution in [3.05, 3.63) is 0 Å². The largest absolute Gasteiger partial charge is 0.370 e. The summed E-state index contributed by atoms with van der Waals surface area (Å²) in [5.74, 6) is -12.6. The lowest BCUT2D eigenvalue weighted by atomic mass is 9.98. The summed E-state index contributed by atoms with van der Waals surface area (Å²) >= 11 is 0. The van der Waals surface area contributed by atoms with Crippen LogP contribution >= 0.6 is 0 Å². The van der Waals surface area contributed by atoms with E-state index in [1.807, 2.05) is 34.6 Å². The fourth-order valence-corrected chi connectivity index (χ4v) is 10.9. The first-order chi connectivity index (χ1) is 49.2. The number of rotatable bonds is 55. The maximum atomic E-state index is 14.2. The molecule has 0 aromatic rings. The van der Waals surface area contributed by atoms with Crippen molar-refractivity contribution in [1.82, 2.24) is 69.1 Å². The first-order valence-electron chi connectivity index (χ1n) is 37.3. The van der Waals surface area contributed by atoms with Gasteiger partial charge in [-0.1, -0.05) is 75.7 Å². The van der Waals surface area contributed by atoms with E-state index in [-0.39, 0.29) is 107 Å². The molecule has 35 nitrogen and oxygen atoms in total. The smallest absolute Gasteiger partial charge is 0.243 e. The molecule has 15 atom stereocenters. The van der Waals surface area contributed by atoms with Crippen LogP contribution in [0.15, 0.2) is 0 Å². The van der Waals surface area contributed by atoms with E-state index < -0.39 is 180 Å². The number of hydrogen-bond donors (Lipinski definition) is 20. The predicted molar refractivity (Wildman–Crippen MR) is 398 cm³/mol. The Bertz CT molecular complexity index is 2800. The van der Waals surface area contributed by atoms with E-state index >= 15 is 0 Å². The highest BCUT2D eigenvalue weighted by molar-refractivity contribution is 6.00. The molecule has 0 aromatic heterocycles. The second-order valence-electron chi connectivity index (χ2n) is 29.1. The molecular formula is C70H132N20O15. The zero-order valence-corrected chi connectivity index (χ0v) is 64.7. The van der Waals surface area contributed by atoms with E-state index in [0.717, 1.165) is 0 Å².